The van der Waals surface area contributed by atoms with Crippen LogP contribution in [-0.2, 0) is 12.8 Å². The number of fused-ring (bicyclic) bond motifs is 1. The molecule has 0 radical (unpaired) electrons. The third-order valence-electron chi connectivity index (χ3n) is 3.77. The van der Waals surface area contributed by atoms with Gasteiger partial charge >= 0.3 is 0 Å². The molecule has 2 rings (SSSR count). The van der Waals surface area contributed by atoms with Crippen LogP contribution >= 0.6 is 0 Å². The summed E-state index contributed by atoms with van der Waals surface area (Å²) in [7, 11) is 0. The first-order chi connectivity index (χ1) is 6.98. The van der Waals surface area contributed by atoms with Crippen LogP contribution in [0.1, 0.15) is 37.0 Å². The quantitative estimate of drug-likeness (QED) is 0.746. The van der Waals surface area contributed by atoms with Crippen LogP contribution in [0.15, 0.2) is 18.2 Å². The molecule has 1 nitrogen and oxygen atoms in total. The highest BCUT2D eigenvalue weighted by Crippen LogP contribution is 2.32. The van der Waals surface area contributed by atoms with Crippen molar-refractivity contribution >= 4 is 0 Å². The highest BCUT2D eigenvalue weighted by atomic mass is 14.7. The van der Waals surface area contributed by atoms with E-state index in [9.17, 15) is 0 Å². The van der Waals surface area contributed by atoms with E-state index >= 15 is 0 Å². The maximum atomic E-state index is 6.21. The minimum absolute atomic E-state index is 0.0402. The van der Waals surface area contributed by atoms with Gasteiger partial charge in [0.1, 0.15) is 0 Å². The molecule has 1 aromatic carbocycles. The summed E-state index contributed by atoms with van der Waals surface area (Å²) >= 11 is 0. The summed E-state index contributed by atoms with van der Waals surface area (Å²) < 4.78 is 0. The zero-order valence-electron chi connectivity index (χ0n) is 10.0. The first-order valence-electron chi connectivity index (χ1n) is 5.84. The summed E-state index contributed by atoms with van der Waals surface area (Å²) in [5.41, 5.74) is 10.7. The van der Waals surface area contributed by atoms with Gasteiger partial charge in [-0.25, -0.2) is 0 Å². The van der Waals surface area contributed by atoms with Crippen molar-refractivity contribution in [3.05, 3.63) is 34.9 Å². The van der Waals surface area contributed by atoms with Crippen LogP contribution in [0.5, 0.6) is 0 Å². The predicted octanol–water partition coefficient (Wildman–Crippen LogP) is 2.84. The number of hydrogen-bond donors (Lipinski definition) is 1. The molecule has 1 aliphatic rings. The Kier molecular flexibility index (Phi) is 2.59. The van der Waals surface area contributed by atoms with Crippen molar-refractivity contribution in [2.75, 3.05) is 0 Å². The van der Waals surface area contributed by atoms with E-state index in [2.05, 4.69) is 39.0 Å². The fraction of sp³-hybridized carbons (Fsp3) is 0.571. The molecule has 0 bridgehead atoms. The Hall–Kier alpha value is -0.820. The first-order valence-corrected chi connectivity index (χ1v) is 5.84. The average molecular weight is 203 g/mol. The van der Waals surface area contributed by atoms with Crippen LogP contribution in [0.2, 0.25) is 0 Å². The Morgan fingerprint density at radius 3 is 2.73 bits per heavy atom. The summed E-state index contributed by atoms with van der Waals surface area (Å²) in [6.07, 6.45) is 3.59. The number of nitrogens with two attached hydrogens (primary N) is 1. The van der Waals surface area contributed by atoms with E-state index in [0.29, 0.717) is 5.92 Å². The van der Waals surface area contributed by atoms with Gasteiger partial charge in [-0.15, -0.1) is 0 Å². The van der Waals surface area contributed by atoms with Crippen molar-refractivity contribution in [1.82, 2.24) is 0 Å². The van der Waals surface area contributed by atoms with Gasteiger partial charge in [-0.2, -0.15) is 0 Å². The molecule has 1 aliphatic carbocycles. The molecule has 0 saturated carbocycles. The molecule has 0 saturated heterocycles. The maximum absolute atomic E-state index is 6.21. The summed E-state index contributed by atoms with van der Waals surface area (Å²) in [6.45, 7) is 6.52. The topological polar surface area (TPSA) is 26.0 Å². The number of rotatable bonds is 1. The van der Waals surface area contributed by atoms with Crippen LogP contribution in [-0.4, -0.2) is 5.54 Å². The fourth-order valence-electron chi connectivity index (χ4n) is 2.63. The zero-order chi connectivity index (χ0) is 11.1. The van der Waals surface area contributed by atoms with Gasteiger partial charge in [0.2, 0.25) is 0 Å². The molecular weight excluding hydrogens is 182 g/mol. The predicted molar refractivity (Wildman–Crippen MR) is 65.0 cm³/mol. The molecule has 0 fully saturated rings. The SMILES string of the molecule is Cc1cccc2c1CCC(C(C)(C)N)C2. The Morgan fingerprint density at radius 2 is 2.07 bits per heavy atom. The van der Waals surface area contributed by atoms with E-state index in [0.717, 1.165) is 6.42 Å². The van der Waals surface area contributed by atoms with E-state index in [1.807, 2.05) is 0 Å². The molecular formula is C14H21N. The van der Waals surface area contributed by atoms with Crippen LogP contribution in [0.25, 0.3) is 0 Å². The van der Waals surface area contributed by atoms with Gasteiger partial charge in [-0.05, 0) is 62.6 Å². The maximum Gasteiger partial charge on any atom is 0.0129 e. The largest absolute Gasteiger partial charge is 0.325 e. The molecule has 0 spiro atoms. The second-order valence-electron chi connectivity index (χ2n) is 5.47. The van der Waals surface area contributed by atoms with E-state index < -0.39 is 0 Å². The standard InChI is InChI=1S/C14H21N/c1-10-5-4-6-11-9-12(14(2,3)15)7-8-13(10)11/h4-6,12H,7-9,15H2,1-3H3. The van der Waals surface area contributed by atoms with Crippen LogP contribution < -0.4 is 5.73 Å². The van der Waals surface area contributed by atoms with Gasteiger partial charge in [0.25, 0.3) is 0 Å². The smallest absolute Gasteiger partial charge is 0.0129 e. The van der Waals surface area contributed by atoms with Gasteiger partial charge in [-0.3, -0.25) is 0 Å². The Balaban J connectivity index is 2.28. The lowest BCUT2D eigenvalue weighted by Gasteiger charge is -2.35. The van der Waals surface area contributed by atoms with Gasteiger partial charge < -0.3 is 5.73 Å². The second-order valence-corrected chi connectivity index (χ2v) is 5.47. The molecule has 2 N–H and O–H groups in total. The highest BCUT2D eigenvalue weighted by Gasteiger charge is 2.29. The molecule has 0 aliphatic heterocycles. The van der Waals surface area contributed by atoms with Crippen molar-refractivity contribution in [3.63, 3.8) is 0 Å². The summed E-state index contributed by atoms with van der Waals surface area (Å²) in [4.78, 5) is 0. The lowest BCUT2D eigenvalue weighted by molar-refractivity contribution is 0.288. The minimum Gasteiger partial charge on any atom is -0.325 e. The lowest BCUT2D eigenvalue weighted by atomic mass is 9.74. The monoisotopic (exact) mass is 203 g/mol. The molecule has 1 aromatic rings. The lowest BCUT2D eigenvalue weighted by Crippen LogP contribution is -2.43. The normalized spacial score (nSPS) is 21.2. The van der Waals surface area contributed by atoms with Crippen LogP contribution in [0.4, 0.5) is 0 Å². The molecule has 0 heterocycles. The zero-order valence-corrected chi connectivity index (χ0v) is 10.0. The first kappa shape index (κ1) is 10.7. The van der Waals surface area contributed by atoms with Crippen LogP contribution in [0.3, 0.4) is 0 Å². The van der Waals surface area contributed by atoms with Gasteiger partial charge in [0, 0.05) is 5.54 Å². The highest BCUT2D eigenvalue weighted by molar-refractivity contribution is 5.36. The molecule has 15 heavy (non-hydrogen) atoms. The van der Waals surface area contributed by atoms with Gasteiger partial charge in [0.05, 0.1) is 0 Å². The van der Waals surface area contributed by atoms with Crippen molar-refractivity contribution in [2.45, 2.75) is 45.6 Å². The fourth-order valence-corrected chi connectivity index (χ4v) is 2.63. The number of aryl methyl sites for hydroxylation is 1. The van der Waals surface area contributed by atoms with E-state index in [1.54, 1.807) is 5.56 Å². The van der Waals surface area contributed by atoms with E-state index in [1.165, 1.54) is 24.0 Å². The van der Waals surface area contributed by atoms with Crippen molar-refractivity contribution in [2.24, 2.45) is 11.7 Å². The molecule has 1 heteroatoms. The van der Waals surface area contributed by atoms with Crippen molar-refractivity contribution < 1.29 is 0 Å². The molecule has 1 atom stereocenters. The minimum atomic E-state index is -0.0402. The number of benzene rings is 1. The molecule has 82 valence electrons. The third-order valence-corrected chi connectivity index (χ3v) is 3.77. The Morgan fingerprint density at radius 1 is 1.33 bits per heavy atom. The van der Waals surface area contributed by atoms with Gasteiger partial charge in [0.15, 0.2) is 0 Å². The third kappa shape index (κ3) is 2.07. The van der Waals surface area contributed by atoms with Crippen molar-refractivity contribution in [1.29, 1.82) is 0 Å². The molecule has 0 amide bonds. The molecule has 0 aromatic heterocycles. The average Bonchev–Trinajstić information content (AvgIpc) is 2.16. The Bertz CT molecular complexity index is 360. The van der Waals surface area contributed by atoms with Gasteiger partial charge in [-0.1, -0.05) is 18.2 Å². The second kappa shape index (κ2) is 3.64. The van der Waals surface area contributed by atoms with E-state index in [-0.39, 0.29) is 5.54 Å². The van der Waals surface area contributed by atoms with Crippen molar-refractivity contribution in [3.8, 4) is 0 Å². The summed E-state index contributed by atoms with van der Waals surface area (Å²) in [5.74, 6) is 0.631. The van der Waals surface area contributed by atoms with E-state index in [4.69, 9.17) is 5.73 Å². The number of hydrogen-bond acceptors (Lipinski definition) is 1. The summed E-state index contributed by atoms with van der Waals surface area (Å²) in [5, 5.41) is 0. The van der Waals surface area contributed by atoms with Crippen LogP contribution in [0, 0.1) is 12.8 Å². The Labute approximate surface area is 92.7 Å². The molecule has 1 unspecified atom stereocenters. The summed E-state index contributed by atoms with van der Waals surface area (Å²) in [6, 6.07) is 6.65.